The van der Waals surface area contributed by atoms with Gasteiger partial charge in [0.1, 0.15) is 0 Å². The number of halogens is 3. The summed E-state index contributed by atoms with van der Waals surface area (Å²) < 4.78 is 69.2. The van der Waals surface area contributed by atoms with E-state index in [-0.39, 0.29) is 0 Å². The van der Waals surface area contributed by atoms with Crippen molar-refractivity contribution in [2.24, 2.45) is 0 Å². The molecular formula is C11H13F3O3S. The molecule has 0 aliphatic carbocycles. The molecule has 0 bridgehead atoms. The number of rotatable bonds is 3. The molecule has 0 radical (unpaired) electrons. The Balaban J connectivity index is 3.85. The molecule has 0 aromatic heterocycles. The summed E-state index contributed by atoms with van der Waals surface area (Å²) in [5.74, 6) is -5.14. The second-order valence-corrected chi connectivity index (χ2v) is 6.46. The standard InChI is InChI=1S/C11H13F3O3S/c1-5(2)18(15,16)11-9(14)7(12)6(3)8(13)10(11)17-4/h5H,1-4H3. The zero-order valence-electron chi connectivity index (χ0n) is 10.3. The minimum absolute atomic E-state index is 0.618. The van der Waals surface area contributed by atoms with Crippen LogP contribution in [0, 0.1) is 24.4 Å². The summed E-state index contributed by atoms with van der Waals surface area (Å²) in [7, 11) is -3.20. The van der Waals surface area contributed by atoms with Gasteiger partial charge in [0.05, 0.1) is 12.4 Å². The Bertz CT molecular complexity index is 580. The van der Waals surface area contributed by atoms with E-state index in [0.29, 0.717) is 0 Å². The van der Waals surface area contributed by atoms with Crippen molar-refractivity contribution in [3.8, 4) is 5.75 Å². The van der Waals surface area contributed by atoms with Crippen molar-refractivity contribution in [3.63, 3.8) is 0 Å². The lowest BCUT2D eigenvalue weighted by molar-refractivity contribution is 0.353. The van der Waals surface area contributed by atoms with Gasteiger partial charge in [0.2, 0.25) is 0 Å². The fraction of sp³-hybridized carbons (Fsp3) is 0.455. The zero-order chi connectivity index (χ0) is 14.2. The molecule has 0 atom stereocenters. The predicted molar refractivity (Wildman–Crippen MR) is 59.9 cm³/mol. The minimum atomic E-state index is -4.19. The molecule has 0 fully saturated rings. The lowest BCUT2D eigenvalue weighted by atomic mass is 10.2. The SMILES string of the molecule is COc1c(F)c(C)c(F)c(F)c1S(=O)(=O)C(C)C. The summed E-state index contributed by atoms with van der Waals surface area (Å²) in [6, 6.07) is 0. The summed E-state index contributed by atoms with van der Waals surface area (Å²) >= 11 is 0. The van der Waals surface area contributed by atoms with Gasteiger partial charge in [0.25, 0.3) is 0 Å². The molecule has 0 heterocycles. The Morgan fingerprint density at radius 3 is 1.94 bits per heavy atom. The van der Waals surface area contributed by atoms with Gasteiger partial charge in [-0.05, 0) is 20.8 Å². The molecule has 3 nitrogen and oxygen atoms in total. The lowest BCUT2D eigenvalue weighted by Crippen LogP contribution is -2.19. The van der Waals surface area contributed by atoms with E-state index in [2.05, 4.69) is 4.74 Å². The van der Waals surface area contributed by atoms with Crippen molar-refractivity contribution in [2.45, 2.75) is 30.9 Å². The van der Waals surface area contributed by atoms with E-state index in [1.807, 2.05) is 0 Å². The Labute approximate surface area is 103 Å². The van der Waals surface area contributed by atoms with Crippen LogP contribution in [-0.2, 0) is 9.84 Å². The van der Waals surface area contributed by atoms with Crippen molar-refractivity contribution in [1.29, 1.82) is 0 Å². The van der Waals surface area contributed by atoms with Gasteiger partial charge in [-0.15, -0.1) is 0 Å². The third-order valence-corrected chi connectivity index (χ3v) is 4.74. The summed E-state index contributed by atoms with van der Waals surface area (Å²) in [5, 5.41) is -1.03. The molecule has 1 aromatic rings. The molecule has 7 heteroatoms. The quantitative estimate of drug-likeness (QED) is 0.800. The van der Waals surface area contributed by atoms with Crippen LogP contribution in [0.5, 0.6) is 5.75 Å². The molecule has 0 saturated heterocycles. The second kappa shape index (κ2) is 4.79. The summed E-state index contributed by atoms with van der Waals surface area (Å²) in [6.07, 6.45) is 0. The molecule has 18 heavy (non-hydrogen) atoms. The smallest absolute Gasteiger partial charge is 0.187 e. The first-order valence-electron chi connectivity index (χ1n) is 5.11. The first-order chi connectivity index (χ1) is 8.16. The van der Waals surface area contributed by atoms with E-state index in [1.54, 1.807) is 0 Å². The van der Waals surface area contributed by atoms with E-state index >= 15 is 0 Å². The molecule has 1 aromatic carbocycles. The van der Waals surface area contributed by atoms with E-state index in [1.165, 1.54) is 13.8 Å². The van der Waals surface area contributed by atoms with Crippen LogP contribution in [0.1, 0.15) is 19.4 Å². The van der Waals surface area contributed by atoms with Crippen LogP contribution in [0.25, 0.3) is 0 Å². The predicted octanol–water partition coefficient (Wildman–Crippen LogP) is 2.60. The van der Waals surface area contributed by atoms with Crippen molar-refractivity contribution in [3.05, 3.63) is 23.0 Å². The Morgan fingerprint density at radius 1 is 1.06 bits per heavy atom. The lowest BCUT2D eigenvalue weighted by Gasteiger charge is -2.15. The maximum atomic E-state index is 13.7. The van der Waals surface area contributed by atoms with Crippen molar-refractivity contribution in [1.82, 2.24) is 0 Å². The highest BCUT2D eigenvalue weighted by molar-refractivity contribution is 7.92. The number of sulfone groups is 1. The van der Waals surface area contributed by atoms with Gasteiger partial charge < -0.3 is 4.74 Å². The first-order valence-corrected chi connectivity index (χ1v) is 6.65. The molecule has 0 amide bonds. The number of hydrogen-bond acceptors (Lipinski definition) is 3. The van der Waals surface area contributed by atoms with Crippen molar-refractivity contribution < 1.29 is 26.3 Å². The highest BCUT2D eigenvalue weighted by atomic mass is 32.2. The number of methoxy groups -OCH3 is 1. The number of benzene rings is 1. The molecule has 102 valence electrons. The fourth-order valence-corrected chi connectivity index (χ4v) is 2.64. The van der Waals surface area contributed by atoms with E-state index in [4.69, 9.17) is 0 Å². The van der Waals surface area contributed by atoms with Gasteiger partial charge in [-0.1, -0.05) is 0 Å². The highest BCUT2D eigenvalue weighted by Gasteiger charge is 2.33. The molecule has 0 spiro atoms. The Hall–Kier alpha value is -1.24. The van der Waals surface area contributed by atoms with Crippen LogP contribution in [0.2, 0.25) is 0 Å². The molecule has 0 N–H and O–H groups in total. The average Bonchev–Trinajstić information content (AvgIpc) is 2.30. The zero-order valence-corrected chi connectivity index (χ0v) is 11.2. The van der Waals surface area contributed by atoms with E-state index in [0.717, 1.165) is 14.0 Å². The fourth-order valence-electron chi connectivity index (χ4n) is 1.40. The second-order valence-electron chi connectivity index (χ2n) is 4.02. The summed E-state index contributed by atoms with van der Waals surface area (Å²) in [4.78, 5) is -1.07. The van der Waals surface area contributed by atoms with Crippen molar-refractivity contribution >= 4 is 9.84 Å². The molecule has 1 rings (SSSR count). The van der Waals surface area contributed by atoms with Gasteiger partial charge in [0.15, 0.2) is 37.9 Å². The first kappa shape index (κ1) is 14.8. The van der Waals surface area contributed by atoms with E-state index < -0.39 is 48.7 Å². The van der Waals surface area contributed by atoms with Gasteiger partial charge in [0, 0.05) is 5.56 Å². The molecule has 0 unspecified atom stereocenters. The number of ether oxygens (including phenoxy) is 1. The Morgan fingerprint density at radius 2 is 1.56 bits per heavy atom. The Kier molecular flexibility index (Phi) is 3.95. The van der Waals surface area contributed by atoms with Gasteiger partial charge in [-0.3, -0.25) is 0 Å². The van der Waals surface area contributed by atoms with Crippen molar-refractivity contribution in [2.75, 3.05) is 7.11 Å². The van der Waals surface area contributed by atoms with E-state index in [9.17, 15) is 21.6 Å². The van der Waals surface area contributed by atoms with Crippen LogP contribution in [0.15, 0.2) is 4.90 Å². The number of hydrogen-bond donors (Lipinski definition) is 0. The normalized spacial score (nSPS) is 12.0. The third-order valence-electron chi connectivity index (χ3n) is 2.57. The molecular weight excluding hydrogens is 269 g/mol. The largest absolute Gasteiger partial charge is 0.492 e. The summed E-state index contributed by atoms with van der Waals surface area (Å²) in [5.41, 5.74) is -0.618. The highest BCUT2D eigenvalue weighted by Crippen LogP contribution is 2.35. The van der Waals surface area contributed by atoms with Gasteiger partial charge in [-0.25, -0.2) is 21.6 Å². The molecule has 0 aliphatic rings. The van der Waals surface area contributed by atoms with Crippen LogP contribution in [0.4, 0.5) is 13.2 Å². The van der Waals surface area contributed by atoms with Crippen LogP contribution in [-0.4, -0.2) is 20.8 Å². The average molecular weight is 282 g/mol. The van der Waals surface area contributed by atoms with Gasteiger partial charge in [-0.2, -0.15) is 0 Å². The topological polar surface area (TPSA) is 43.4 Å². The molecule has 0 aliphatic heterocycles. The maximum Gasteiger partial charge on any atom is 0.187 e. The maximum absolute atomic E-state index is 13.7. The van der Waals surface area contributed by atoms with Gasteiger partial charge >= 0.3 is 0 Å². The van der Waals surface area contributed by atoms with Crippen LogP contribution < -0.4 is 4.74 Å². The molecule has 0 saturated carbocycles. The third kappa shape index (κ3) is 2.07. The van der Waals surface area contributed by atoms with Crippen LogP contribution in [0.3, 0.4) is 0 Å². The van der Waals surface area contributed by atoms with Crippen LogP contribution >= 0.6 is 0 Å². The summed E-state index contributed by atoms with van der Waals surface area (Å²) in [6.45, 7) is 3.57. The minimum Gasteiger partial charge on any atom is -0.492 e. The monoisotopic (exact) mass is 282 g/mol.